The van der Waals surface area contributed by atoms with Gasteiger partial charge in [-0.25, -0.2) is 9.37 Å². The Morgan fingerprint density at radius 1 is 1.40 bits per heavy atom. The number of thiazole rings is 1. The minimum absolute atomic E-state index is 0.122. The Morgan fingerprint density at radius 2 is 2.20 bits per heavy atom. The summed E-state index contributed by atoms with van der Waals surface area (Å²) < 4.78 is 15.2. The van der Waals surface area contributed by atoms with Gasteiger partial charge in [0.2, 0.25) is 0 Å². The molecule has 0 aliphatic carbocycles. The van der Waals surface area contributed by atoms with E-state index >= 15 is 0 Å². The largest absolute Gasteiger partial charge is 0.379 e. The summed E-state index contributed by atoms with van der Waals surface area (Å²) in [6.45, 7) is 4.67. The first kappa shape index (κ1) is 13.4. The van der Waals surface area contributed by atoms with Crippen molar-refractivity contribution in [2.45, 2.75) is 20.4 Å². The van der Waals surface area contributed by atoms with Crippen LogP contribution in [-0.2, 0) is 6.54 Å². The maximum Gasteiger partial charge on any atom is 0.194 e. The van der Waals surface area contributed by atoms with Gasteiger partial charge in [0.25, 0.3) is 0 Å². The standard InChI is InChI=1S/C14H13ClFN3S/c1-8-7-19-13(9(2)18-14(19)20-8)6-17-10-3-4-12(16)11(15)5-10/h3-5,7,17H,6H2,1-2H3. The minimum Gasteiger partial charge on any atom is -0.379 e. The van der Waals surface area contributed by atoms with Crippen molar-refractivity contribution in [3.63, 3.8) is 0 Å². The number of fused-ring (bicyclic) bond motifs is 1. The van der Waals surface area contributed by atoms with Crippen molar-refractivity contribution in [3.05, 3.63) is 51.5 Å². The zero-order valence-electron chi connectivity index (χ0n) is 11.1. The highest BCUT2D eigenvalue weighted by molar-refractivity contribution is 7.17. The quantitative estimate of drug-likeness (QED) is 0.776. The number of halogens is 2. The number of rotatable bonds is 3. The van der Waals surface area contributed by atoms with Gasteiger partial charge in [0.15, 0.2) is 4.96 Å². The summed E-state index contributed by atoms with van der Waals surface area (Å²) in [4.78, 5) is 6.75. The summed E-state index contributed by atoms with van der Waals surface area (Å²) in [5, 5.41) is 3.37. The average molecular weight is 310 g/mol. The van der Waals surface area contributed by atoms with Gasteiger partial charge in [-0.05, 0) is 32.0 Å². The number of nitrogens with zero attached hydrogens (tertiary/aromatic N) is 2. The molecule has 0 saturated heterocycles. The van der Waals surface area contributed by atoms with Gasteiger partial charge in [-0.1, -0.05) is 11.6 Å². The van der Waals surface area contributed by atoms with E-state index < -0.39 is 5.82 Å². The third kappa shape index (κ3) is 2.39. The summed E-state index contributed by atoms with van der Waals surface area (Å²) in [6, 6.07) is 4.62. The fourth-order valence-corrected chi connectivity index (χ4v) is 3.18. The second-order valence-electron chi connectivity index (χ2n) is 4.62. The molecule has 2 aromatic heterocycles. The zero-order valence-corrected chi connectivity index (χ0v) is 12.6. The van der Waals surface area contributed by atoms with E-state index in [2.05, 4.69) is 27.8 Å². The van der Waals surface area contributed by atoms with E-state index in [0.29, 0.717) is 6.54 Å². The molecule has 6 heteroatoms. The Hall–Kier alpha value is -1.59. The summed E-state index contributed by atoms with van der Waals surface area (Å²) >= 11 is 7.44. The molecule has 0 spiro atoms. The summed E-state index contributed by atoms with van der Waals surface area (Å²) in [5.74, 6) is -0.409. The number of aromatic nitrogens is 2. The fraction of sp³-hybridized carbons (Fsp3) is 0.214. The van der Waals surface area contributed by atoms with Crippen molar-refractivity contribution in [3.8, 4) is 0 Å². The SMILES string of the molecule is Cc1cn2c(CNc3ccc(F)c(Cl)c3)c(C)nc2s1. The highest BCUT2D eigenvalue weighted by Crippen LogP contribution is 2.23. The lowest BCUT2D eigenvalue weighted by atomic mass is 10.3. The molecule has 1 N–H and O–H groups in total. The molecule has 1 aromatic carbocycles. The highest BCUT2D eigenvalue weighted by Gasteiger charge is 2.11. The highest BCUT2D eigenvalue weighted by atomic mass is 35.5. The van der Waals surface area contributed by atoms with Gasteiger partial charge in [0.05, 0.1) is 23.0 Å². The van der Waals surface area contributed by atoms with Crippen LogP contribution >= 0.6 is 22.9 Å². The van der Waals surface area contributed by atoms with Crippen LogP contribution in [0.15, 0.2) is 24.4 Å². The molecule has 20 heavy (non-hydrogen) atoms. The Morgan fingerprint density at radius 3 is 2.95 bits per heavy atom. The Bertz CT molecular complexity index is 778. The van der Waals surface area contributed by atoms with E-state index in [1.807, 2.05) is 6.92 Å². The molecule has 2 heterocycles. The number of hydrogen-bond acceptors (Lipinski definition) is 3. The second-order valence-corrected chi connectivity index (χ2v) is 6.24. The van der Waals surface area contributed by atoms with Gasteiger partial charge < -0.3 is 5.32 Å². The number of hydrogen-bond donors (Lipinski definition) is 1. The normalized spacial score (nSPS) is 11.2. The van der Waals surface area contributed by atoms with Crippen molar-refractivity contribution in [2.24, 2.45) is 0 Å². The molecule has 3 aromatic rings. The predicted octanol–water partition coefficient (Wildman–Crippen LogP) is 4.42. The van der Waals surface area contributed by atoms with Crippen molar-refractivity contribution in [1.29, 1.82) is 0 Å². The molecule has 0 fully saturated rings. The Labute approximate surface area is 125 Å². The molecule has 3 rings (SSSR count). The van der Waals surface area contributed by atoms with Crippen molar-refractivity contribution < 1.29 is 4.39 Å². The van der Waals surface area contributed by atoms with Gasteiger partial charge in [-0.3, -0.25) is 4.40 Å². The third-order valence-corrected chi connectivity index (χ3v) is 4.31. The van der Waals surface area contributed by atoms with Crippen molar-refractivity contribution in [2.75, 3.05) is 5.32 Å². The van der Waals surface area contributed by atoms with E-state index in [4.69, 9.17) is 11.6 Å². The van der Waals surface area contributed by atoms with E-state index in [0.717, 1.165) is 22.0 Å². The molecule has 0 atom stereocenters. The first-order valence-electron chi connectivity index (χ1n) is 6.17. The van der Waals surface area contributed by atoms with Crippen molar-refractivity contribution >= 4 is 33.6 Å². The summed E-state index contributed by atoms with van der Waals surface area (Å²) in [7, 11) is 0. The number of aryl methyl sites for hydroxylation is 2. The maximum atomic E-state index is 13.1. The third-order valence-electron chi connectivity index (χ3n) is 3.12. The van der Waals surface area contributed by atoms with Crippen LogP contribution in [0.5, 0.6) is 0 Å². The van der Waals surface area contributed by atoms with Crippen LogP contribution in [0.2, 0.25) is 5.02 Å². The Balaban J connectivity index is 1.85. The zero-order chi connectivity index (χ0) is 14.3. The summed E-state index contributed by atoms with van der Waals surface area (Å²) in [5.41, 5.74) is 2.89. The maximum absolute atomic E-state index is 13.1. The molecule has 0 radical (unpaired) electrons. The molecule has 0 aliphatic rings. The van der Waals surface area contributed by atoms with E-state index in [9.17, 15) is 4.39 Å². The molecule has 104 valence electrons. The van der Waals surface area contributed by atoms with Gasteiger partial charge in [-0.2, -0.15) is 0 Å². The number of anilines is 1. The van der Waals surface area contributed by atoms with Crippen LogP contribution in [0, 0.1) is 19.7 Å². The van der Waals surface area contributed by atoms with Crippen molar-refractivity contribution in [1.82, 2.24) is 9.38 Å². The van der Waals surface area contributed by atoms with Crippen LogP contribution < -0.4 is 5.32 Å². The van der Waals surface area contributed by atoms with Crippen LogP contribution in [0.25, 0.3) is 4.96 Å². The van der Waals surface area contributed by atoms with Crippen LogP contribution in [0.1, 0.15) is 16.3 Å². The Kier molecular flexibility index (Phi) is 3.40. The predicted molar refractivity (Wildman–Crippen MR) is 81.3 cm³/mol. The molecule has 3 nitrogen and oxygen atoms in total. The van der Waals surface area contributed by atoms with Gasteiger partial charge in [0.1, 0.15) is 5.82 Å². The second kappa shape index (κ2) is 5.07. The van der Waals surface area contributed by atoms with Crippen LogP contribution in [0.3, 0.4) is 0 Å². The van der Waals surface area contributed by atoms with Gasteiger partial charge in [-0.15, -0.1) is 11.3 Å². The van der Waals surface area contributed by atoms with Crippen LogP contribution in [0.4, 0.5) is 10.1 Å². The molecule has 0 saturated carbocycles. The van der Waals surface area contributed by atoms with Gasteiger partial charge >= 0.3 is 0 Å². The summed E-state index contributed by atoms with van der Waals surface area (Å²) in [6.07, 6.45) is 2.08. The van der Waals surface area contributed by atoms with Gasteiger partial charge in [0, 0.05) is 16.8 Å². The minimum atomic E-state index is -0.409. The smallest absolute Gasteiger partial charge is 0.194 e. The van der Waals surface area contributed by atoms with E-state index in [1.54, 1.807) is 23.5 Å². The molecule has 0 aliphatic heterocycles. The van der Waals surface area contributed by atoms with Crippen LogP contribution in [-0.4, -0.2) is 9.38 Å². The number of imidazole rings is 1. The molecule has 0 unspecified atom stereocenters. The lowest BCUT2D eigenvalue weighted by molar-refractivity contribution is 0.628. The molecular weight excluding hydrogens is 297 g/mol. The van der Waals surface area contributed by atoms with E-state index in [1.165, 1.54) is 10.9 Å². The first-order chi connectivity index (χ1) is 9.54. The first-order valence-corrected chi connectivity index (χ1v) is 7.37. The monoisotopic (exact) mass is 309 g/mol. The fourth-order valence-electron chi connectivity index (χ4n) is 2.11. The lowest BCUT2D eigenvalue weighted by Crippen LogP contribution is -2.03. The topological polar surface area (TPSA) is 29.3 Å². The average Bonchev–Trinajstić information content (AvgIpc) is 2.87. The molecule has 0 amide bonds. The number of nitrogens with one attached hydrogen (secondary N) is 1. The molecular formula is C14H13ClFN3S. The lowest BCUT2D eigenvalue weighted by Gasteiger charge is -2.07. The molecule has 0 bridgehead atoms. The number of benzene rings is 1. The van der Waals surface area contributed by atoms with E-state index in [-0.39, 0.29) is 5.02 Å².